The van der Waals surface area contributed by atoms with Crippen molar-refractivity contribution in [3.63, 3.8) is 0 Å². The minimum Gasteiger partial charge on any atom is -0.497 e. The maximum atomic E-state index is 13.0. The number of fused-ring (bicyclic) bond motifs is 2. The van der Waals surface area contributed by atoms with Gasteiger partial charge in [0.1, 0.15) is 35.2 Å². The van der Waals surface area contributed by atoms with Gasteiger partial charge in [0.25, 0.3) is 11.8 Å². The van der Waals surface area contributed by atoms with Gasteiger partial charge in [0, 0.05) is 22.5 Å². The van der Waals surface area contributed by atoms with Gasteiger partial charge in [-0.05, 0) is 84.9 Å². The van der Waals surface area contributed by atoms with E-state index in [9.17, 15) is 18.4 Å². The van der Waals surface area contributed by atoms with Crippen LogP contribution < -0.4 is 30.7 Å². The Morgan fingerprint density at radius 2 is 0.951 bits per heavy atom. The molecule has 2 aliphatic heterocycles. The first-order valence-corrected chi connectivity index (χ1v) is 12.3. The number of ether oxygens (including phenoxy) is 2. The molecule has 0 saturated carbocycles. The van der Waals surface area contributed by atoms with Gasteiger partial charge >= 0.3 is 0 Å². The Bertz CT molecular complexity index is 1470. The number of carbonyl (C=O) groups is 2. The van der Waals surface area contributed by atoms with E-state index in [0.717, 1.165) is 0 Å². The quantitative estimate of drug-likeness (QED) is 0.332. The summed E-state index contributed by atoms with van der Waals surface area (Å²) in [5, 5.41) is 0. The fourth-order valence-corrected chi connectivity index (χ4v) is 4.72. The molecule has 4 aromatic rings. The number of methoxy groups -OCH3 is 2. The summed E-state index contributed by atoms with van der Waals surface area (Å²) in [5.74, 6) is 0.125. The van der Waals surface area contributed by atoms with E-state index in [1.165, 1.54) is 34.1 Å². The van der Waals surface area contributed by atoms with Crippen molar-refractivity contribution >= 4 is 47.0 Å². The molecule has 0 fully saturated rings. The zero-order valence-electron chi connectivity index (χ0n) is 22.1. The smallest absolute Gasteiger partial charge is 0.253 e. The van der Waals surface area contributed by atoms with E-state index < -0.39 is 12.1 Å². The fourth-order valence-electron chi connectivity index (χ4n) is 4.72. The number of benzene rings is 4. The number of rotatable bonds is 4. The molecule has 0 radical (unpaired) electrons. The topological polar surface area (TPSA) is 111 Å². The van der Waals surface area contributed by atoms with Crippen LogP contribution in [0.1, 0.15) is 23.2 Å². The lowest BCUT2D eigenvalue weighted by molar-refractivity contribution is -0.119. The van der Waals surface area contributed by atoms with Crippen LogP contribution in [-0.4, -0.2) is 26.0 Å². The predicted octanol–water partition coefficient (Wildman–Crippen LogP) is 5.45. The average molecular weight is 581 g/mol. The lowest BCUT2D eigenvalue weighted by atomic mass is 10.1. The van der Waals surface area contributed by atoms with Crippen molar-refractivity contribution < 1.29 is 27.8 Å². The molecule has 2 amide bonds. The van der Waals surface area contributed by atoms with E-state index in [0.29, 0.717) is 45.4 Å². The van der Waals surface area contributed by atoms with E-state index in [-0.39, 0.29) is 35.9 Å². The van der Waals surface area contributed by atoms with Crippen molar-refractivity contribution in [1.82, 2.24) is 0 Å². The molecule has 0 aromatic heterocycles. The van der Waals surface area contributed by atoms with Crippen LogP contribution in [0.4, 0.5) is 31.5 Å². The summed E-state index contributed by atoms with van der Waals surface area (Å²) in [6, 6.07) is 20.6. The second-order valence-electron chi connectivity index (χ2n) is 9.10. The highest BCUT2D eigenvalue weighted by Gasteiger charge is 2.37. The molecular weight excluding hydrogens is 554 g/mol. The fraction of sp³-hybridized carbons (Fsp3) is 0.133. The second-order valence-corrected chi connectivity index (χ2v) is 9.10. The van der Waals surface area contributed by atoms with Crippen LogP contribution in [0.25, 0.3) is 0 Å². The van der Waals surface area contributed by atoms with Gasteiger partial charge in [-0.3, -0.25) is 19.4 Å². The molecule has 4 aromatic carbocycles. The Kier molecular flexibility index (Phi) is 8.57. The van der Waals surface area contributed by atoms with Crippen LogP contribution >= 0.6 is 12.4 Å². The molecular formula is C30H27ClF2N4O4. The lowest BCUT2D eigenvalue weighted by Gasteiger charge is -2.17. The highest BCUT2D eigenvalue weighted by atomic mass is 35.5. The number of nitrogens with zero attached hydrogens (tertiary/aromatic N) is 2. The van der Waals surface area contributed by atoms with Crippen LogP contribution in [0.5, 0.6) is 11.5 Å². The molecule has 8 nitrogen and oxygen atoms in total. The molecule has 4 N–H and O–H groups in total. The standard InChI is InChI=1S/2C15H13FN2O2.ClH/c2*1-20-11-6-7-13-12(8-11)14(17)15(19)18(13)10-4-2-9(16)3-5-10;/h2*2-8,14H,17H2,1H3;1H. The van der Waals surface area contributed by atoms with E-state index >= 15 is 0 Å². The van der Waals surface area contributed by atoms with Crippen molar-refractivity contribution in [1.29, 1.82) is 0 Å². The van der Waals surface area contributed by atoms with Crippen molar-refractivity contribution in [3.8, 4) is 11.5 Å². The number of nitrogens with two attached hydrogens (primary N) is 2. The first-order valence-electron chi connectivity index (χ1n) is 12.3. The van der Waals surface area contributed by atoms with Gasteiger partial charge in [-0.1, -0.05) is 0 Å². The third kappa shape index (κ3) is 5.45. The highest BCUT2D eigenvalue weighted by molar-refractivity contribution is 6.10. The normalized spacial score (nSPS) is 16.8. The summed E-state index contributed by atoms with van der Waals surface area (Å²) in [6.45, 7) is 0. The number of hydrogen-bond donors (Lipinski definition) is 2. The molecule has 2 atom stereocenters. The SMILES string of the molecule is COc1ccc2c(c1)C(N)C(=O)N2c1ccc(F)cc1.COc1ccc2c(c1)C(N)C(=O)N2c1ccc(F)cc1.Cl. The van der Waals surface area contributed by atoms with Crippen molar-refractivity contribution in [2.75, 3.05) is 24.0 Å². The predicted molar refractivity (Wildman–Crippen MR) is 154 cm³/mol. The van der Waals surface area contributed by atoms with Crippen LogP contribution in [0, 0.1) is 11.6 Å². The zero-order valence-corrected chi connectivity index (χ0v) is 22.9. The third-order valence-corrected chi connectivity index (χ3v) is 6.76. The van der Waals surface area contributed by atoms with Crippen LogP contribution in [0.15, 0.2) is 84.9 Å². The monoisotopic (exact) mass is 580 g/mol. The number of anilines is 4. The van der Waals surface area contributed by atoms with Gasteiger partial charge in [0.15, 0.2) is 0 Å². The summed E-state index contributed by atoms with van der Waals surface area (Å²) in [6.07, 6.45) is 0. The van der Waals surface area contributed by atoms with Crippen molar-refractivity contribution in [3.05, 3.63) is 108 Å². The van der Waals surface area contributed by atoms with Gasteiger partial charge in [0.05, 0.1) is 25.6 Å². The summed E-state index contributed by atoms with van der Waals surface area (Å²) in [4.78, 5) is 27.6. The van der Waals surface area contributed by atoms with Gasteiger partial charge in [-0.15, -0.1) is 12.4 Å². The first kappa shape index (κ1) is 29.5. The number of amides is 2. The second kappa shape index (κ2) is 11.9. The Balaban J connectivity index is 0.000000184. The molecule has 11 heteroatoms. The van der Waals surface area contributed by atoms with E-state index in [1.807, 2.05) is 0 Å². The average Bonchev–Trinajstić information content (AvgIpc) is 3.37. The Labute approximate surface area is 241 Å². The van der Waals surface area contributed by atoms with Gasteiger partial charge < -0.3 is 20.9 Å². The minimum atomic E-state index is -0.731. The van der Waals surface area contributed by atoms with Crippen LogP contribution in [0.3, 0.4) is 0 Å². The molecule has 0 spiro atoms. The van der Waals surface area contributed by atoms with Gasteiger partial charge in [0.2, 0.25) is 0 Å². The van der Waals surface area contributed by atoms with Gasteiger partial charge in [-0.2, -0.15) is 0 Å². The number of hydrogen-bond acceptors (Lipinski definition) is 6. The minimum absolute atomic E-state index is 0. The zero-order chi connectivity index (χ0) is 28.6. The van der Waals surface area contributed by atoms with Crippen molar-refractivity contribution in [2.24, 2.45) is 11.5 Å². The Morgan fingerprint density at radius 3 is 1.27 bits per heavy atom. The molecule has 0 aliphatic carbocycles. The van der Waals surface area contributed by atoms with Crippen molar-refractivity contribution in [2.45, 2.75) is 12.1 Å². The molecule has 0 saturated heterocycles. The van der Waals surface area contributed by atoms with Gasteiger partial charge in [-0.25, -0.2) is 8.78 Å². The Hall–Kier alpha value is -4.51. The molecule has 2 aliphatic rings. The highest BCUT2D eigenvalue weighted by Crippen LogP contribution is 2.42. The molecule has 41 heavy (non-hydrogen) atoms. The summed E-state index contributed by atoms with van der Waals surface area (Å²) < 4.78 is 36.3. The summed E-state index contributed by atoms with van der Waals surface area (Å²) in [5.41, 5.74) is 15.9. The molecule has 6 rings (SSSR count). The molecule has 212 valence electrons. The number of halogens is 3. The third-order valence-electron chi connectivity index (χ3n) is 6.76. The summed E-state index contributed by atoms with van der Waals surface area (Å²) >= 11 is 0. The van der Waals surface area contributed by atoms with E-state index in [1.54, 1.807) is 74.9 Å². The Morgan fingerprint density at radius 1 is 0.610 bits per heavy atom. The van der Waals surface area contributed by atoms with Crippen LogP contribution in [0.2, 0.25) is 0 Å². The van der Waals surface area contributed by atoms with E-state index in [2.05, 4.69) is 0 Å². The maximum Gasteiger partial charge on any atom is 0.253 e. The van der Waals surface area contributed by atoms with Crippen LogP contribution in [-0.2, 0) is 9.59 Å². The summed E-state index contributed by atoms with van der Waals surface area (Å²) in [7, 11) is 3.11. The first-order chi connectivity index (χ1) is 19.2. The molecule has 2 unspecified atom stereocenters. The molecule has 0 bridgehead atoms. The number of carbonyl (C=O) groups excluding carboxylic acids is 2. The van der Waals surface area contributed by atoms with E-state index in [4.69, 9.17) is 20.9 Å². The largest absolute Gasteiger partial charge is 0.497 e. The lowest BCUT2D eigenvalue weighted by Crippen LogP contribution is -2.27. The maximum absolute atomic E-state index is 13.0. The molecule has 2 heterocycles.